The van der Waals surface area contributed by atoms with Crippen molar-refractivity contribution in [2.45, 2.75) is 13.0 Å². The Morgan fingerprint density at radius 1 is 1.48 bits per heavy atom. The van der Waals surface area contributed by atoms with Gasteiger partial charge in [0.25, 0.3) is 5.91 Å². The Hall–Kier alpha value is -1.79. The SMILES string of the molecule is Cc1ccc(Cl)c(OCC(=O)NC2COCC2C(=O)O)c1. The third-order valence-electron chi connectivity index (χ3n) is 3.19. The number of carbonyl (C=O) groups excluding carboxylic acids is 1. The molecule has 0 saturated carbocycles. The minimum absolute atomic E-state index is 0.102. The first-order valence-corrected chi connectivity index (χ1v) is 6.84. The molecule has 1 saturated heterocycles. The molecule has 2 unspecified atom stereocenters. The largest absolute Gasteiger partial charge is 0.482 e. The van der Waals surface area contributed by atoms with E-state index in [2.05, 4.69) is 5.32 Å². The van der Waals surface area contributed by atoms with Crippen molar-refractivity contribution in [1.82, 2.24) is 5.32 Å². The standard InChI is InChI=1S/C14H16ClNO5/c1-8-2-3-10(15)12(4-8)21-7-13(17)16-11-6-20-5-9(11)14(18)19/h2-4,9,11H,5-7H2,1H3,(H,16,17)(H,18,19). The van der Waals surface area contributed by atoms with Crippen molar-refractivity contribution in [2.75, 3.05) is 19.8 Å². The first-order valence-electron chi connectivity index (χ1n) is 6.46. The van der Waals surface area contributed by atoms with Crippen LogP contribution in [0.25, 0.3) is 0 Å². The molecule has 0 aromatic heterocycles. The molecule has 1 aromatic rings. The van der Waals surface area contributed by atoms with Crippen molar-refractivity contribution < 1.29 is 24.2 Å². The van der Waals surface area contributed by atoms with Gasteiger partial charge in [-0.05, 0) is 24.6 Å². The fraction of sp³-hybridized carbons (Fsp3) is 0.429. The number of benzene rings is 1. The van der Waals surface area contributed by atoms with E-state index in [0.717, 1.165) is 5.56 Å². The van der Waals surface area contributed by atoms with Crippen LogP contribution in [-0.4, -0.2) is 42.8 Å². The van der Waals surface area contributed by atoms with Crippen LogP contribution in [0, 0.1) is 12.8 Å². The Morgan fingerprint density at radius 2 is 2.24 bits per heavy atom. The number of amides is 1. The second kappa shape index (κ2) is 6.78. The Bertz CT molecular complexity index is 548. The first-order chi connectivity index (χ1) is 9.97. The number of carbonyl (C=O) groups is 2. The van der Waals surface area contributed by atoms with Gasteiger partial charge in [0.05, 0.1) is 24.3 Å². The van der Waals surface area contributed by atoms with E-state index in [1.54, 1.807) is 12.1 Å². The Labute approximate surface area is 127 Å². The molecule has 2 atom stereocenters. The highest BCUT2D eigenvalue weighted by molar-refractivity contribution is 6.32. The molecule has 1 amide bonds. The molecule has 0 aliphatic carbocycles. The van der Waals surface area contributed by atoms with Crippen LogP contribution in [-0.2, 0) is 14.3 Å². The van der Waals surface area contributed by atoms with Gasteiger partial charge in [0.15, 0.2) is 6.61 Å². The van der Waals surface area contributed by atoms with Crippen molar-refractivity contribution in [3.63, 3.8) is 0 Å². The molecule has 7 heteroatoms. The molecule has 21 heavy (non-hydrogen) atoms. The molecule has 0 spiro atoms. The Balaban J connectivity index is 1.87. The molecule has 1 fully saturated rings. The summed E-state index contributed by atoms with van der Waals surface area (Å²) in [7, 11) is 0. The molecule has 0 bridgehead atoms. The second-order valence-corrected chi connectivity index (χ2v) is 5.29. The van der Waals surface area contributed by atoms with Gasteiger partial charge in [0.2, 0.25) is 0 Å². The summed E-state index contributed by atoms with van der Waals surface area (Å²) in [5, 5.41) is 12.0. The highest BCUT2D eigenvalue weighted by Crippen LogP contribution is 2.25. The molecule has 0 radical (unpaired) electrons. The number of hydrogen-bond acceptors (Lipinski definition) is 4. The molecular formula is C14H16ClNO5. The molecule has 114 valence electrons. The number of carboxylic acid groups (broad SMARTS) is 1. The summed E-state index contributed by atoms with van der Waals surface area (Å²) < 4.78 is 10.4. The van der Waals surface area contributed by atoms with Crippen LogP contribution in [0.5, 0.6) is 5.75 Å². The normalized spacial score (nSPS) is 21.0. The highest BCUT2D eigenvalue weighted by atomic mass is 35.5. The zero-order chi connectivity index (χ0) is 15.4. The number of halogens is 1. The minimum Gasteiger partial charge on any atom is -0.482 e. The van der Waals surface area contributed by atoms with Gasteiger partial charge in [-0.3, -0.25) is 9.59 Å². The van der Waals surface area contributed by atoms with Crippen LogP contribution < -0.4 is 10.1 Å². The summed E-state index contributed by atoms with van der Waals surface area (Å²) in [6.07, 6.45) is 0. The summed E-state index contributed by atoms with van der Waals surface area (Å²) in [5.41, 5.74) is 0.963. The van der Waals surface area contributed by atoms with Gasteiger partial charge in [0.1, 0.15) is 11.7 Å². The fourth-order valence-electron chi connectivity index (χ4n) is 2.05. The van der Waals surface area contributed by atoms with Gasteiger partial charge in [-0.15, -0.1) is 0 Å². The Kier molecular flexibility index (Phi) is 5.03. The predicted octanol–water partition coefficient (Wildman–Crippen LogP) is 1.24. The van der Waals surface area contributed by atoms with E-state index >= 15 is 0 Å². The molecule has 2 N–H and O–H groups in total. The van der Waals surface area contributed by atoms with E-state index in [0.29, 0.717) is 10.8 Å². The van der Waals surface area contributed by atoms with E-state index in [4.69, 9.17) is 26.2 Å². The van der Waals surface area contributed by atoms with E-state index in [9.17, 15) is 9.59 Å². The Morgan fingerprint density at radius 3 is 2.95 bits per heavy atom. The molecule has 1 heterocycles. The fourth-order valence-corrected chi connectivity index (χ4v) is 2.22. The second-order valence-electron chi connectivity index (χ2n) is 4.88. The lowest BCUT2D eigenvalue weighted by atomic mass is 10.0. The van der Waals surface area contributed by atoms with Gasteiger partial charge >= 0.3 is 5.97 Å². The summed E-state index contributed by atoms with van der Waals surface area (Å²) in [4.78, 5) is 22.8. The third-order valence-corrected chi connectivity index (χ3v) is 3.50. The predicted molar refractivity (Wildman–Crippen MR) is 75.6 cm³/mol. The maximum absolute atomic E-state index is 11.8. The topological polar surface area (TPSA) is 84.9 Å². The summed E-state index contributed by atoms with van der Waals surface area (Å²) in [6, 6.07) is 4.72. The summed E-state index contributed by atoms with van der Waals surface area (Å²) >= 11 is 5.96. The summed E-state index contributed by atoms with van der Waals surface area (Å²) in [6.45, 7) is 1.95. The molecule has 2 rings (SSSR count). The molecular weight excluding hydrogens is 298 g/mol. The number of aliphatic carboxylic acids is 1. The first kappa shape index (κ1) is 15.6. The molecule has 6 nitrogen and oxygen atoms in total. The number of ether oxygens (including phenoxy) is 2. The molecule has 1 aliphatic heterocycles. The zero-order valence-corrected chi connectivity index (χ0v) is 12.2. The van der Waals surface area contributed by atoms with Crippen molar-refractivity contribution in [1.29, 1.82) is 0 Å². The maximum Gasteiger partial charge on any atom is 0.311 e. The summed E-state index contributed by atoms with van der Waals surface area (Å²) in [5.74, 6) is -1.70. The van der Waals surface area contributed by atoms with Crippen LogP contribution in [0.4, 0.5) is 0 Å². The van der Waals surface area contributed by atoms with Gasteiger partial charge in [0, 0.05) is 0 Å². The number of nitrogens with one attached hydrogen (secondary N) is 1. The number of aryl methyl sites for hydroxylation is 1. The van der Waals surface area contributed by atoms with Gasteiger partial charge < -0.3 is 19.9 Å². The van der Waals surface area contributed by atoms with Crippen LogP contribution in [0.1, 0.15) is 5.56 Å². The lowest BCUT2D eigenvalue weighted by Gasteiger charge is -2.16. The van der Waals surface area contributed by atoms with Crippen molar-refractivity contribution in [3.05, 3.63) is 28.8 Å². The maximum atomic E-state index is 11.8. The average molecular weight is 314 g/mol. The van der Waals surface area contributed by atoms with Crippen LogP contribution >= 0.6 is 11.6 Å². The minimum atomic E-state index is -0.986. The third kappa shape index (κ3) is 4.09. The molecule has 1 aromatic carbocycles. The number of carboxylic acids is 1. The van der Waals surface area contributed by atoms with Gasteiger partial charge in [-0.1, -0.05) is 17.7 Å². The van der Waals surface area contributed by atoms with Crippen molar-refractivity contribution in [2.24, 2.45) is 5.92 Å². The lowest BCUT2D eigenvalue weighted by molar-refractivity contribution is -0.142. The smallest absolute Gasteiger partial charge is 0.311 e. The van der Waals surface area contributed by atoms with Crippen molar-refractivity contribution >= 4 is 23.5 Å². The van der Waals surface area contributed by atoms with Crippen LogP contribution in [0.2, 0.25) is 5.02 Å². The van der Waals surface area contributed by atoms with E-state index in [-0.39, 0.29) is 19.8 Å². The van der Waals surface area contributed by atoms with Crippen LogP contribution in [0.3, 0.4) is 0 Å². The van der Waals surface area contributed by atoms with Crippen LogP contribution in [0.15, 0.2) is 18.2 Å². The van der Waals surface area contributed by atoms with Gasteiger partial charge in [-0.25, -0.2) is 0 Å². The lowest BCUT2D eigenvalue weighted by Crippen LogP contribution is -2.44. The van der Waals surface area contributed by atoms with E-state index in [1.165, 1.54) is 0 Å². The average Bonchev–Trinajstić information content (AvgIpc) is 2.88. The van der Waals surface area contributed by atoms with Crippen molar-refractivity contribution in [3.8, 4) is 5.75 Å². The van der Waals surface area contributed by atoms with Gasteiger partial charge in [-0.2, -0.15) is 0 Å². The van der Waals surface area contributed by atoms with E-state index < -0.39 is 23.8 Å². The zero-order valence-electron chi connectivity index (χ0n) is 11.5. The quantitative estimate of drug-likeness (QED) is 0.854. The monoisotopic (exact) mass is 313 g/mol. The molecule has 1 aliphatic rings. The number of rotatable bonds is 5. The highest BCUT2D eigenvalue weighted by Gasteiger charge is 2.35. The number of hydrogen-bond donors (Lipinski definition) is 2. The van der Waals surface area contributed by atoms with E-state index in [1.807, 2.05) is 13.0 Å².